The van der Waals surface area contributed by atoms with Gasteiger partial charge in [-0.1, -0.05) is 19.9 Å². The Morgan fingerprint density at radius 1 is 1.32 bits per heavy atom. The van der Waals surface area contributed by atoms with Crippen molar-refractivity contribution in [3.63, 3.8) is 0 Å². The van der Waals surface area contributed by atoms with Crippen LogP contribution in [0.5, 0.6) is 5.75 Å². The average Bonchev–Trinajstić information content (AvgIpc) is 2.48. The van der Waals surface area contributed by atoms with Gasteiger partial charge in [-0.05, 0) is 36.5 Å². The van der Waals surface area contributed by atoms with Crippen LogP contribution in [0.15, 0.2) is 18.2 Å². The quantitative estimate of drug-likeness (QED) is 0.688. The van der Waals surface area contributed by atoms with Gasteiger partial charge < -0.3 is 20.5 Å². The van der Waals surface area contributed by atoms with Crippen LogP contribution in [-0.4, -0.2) is 37.4 Å². The number of methoxy groups -OCH3 is 1. The van der Waals surface area contributed by atoms with Gasteiger partial charge in [-0.15, -0.1) is 0 Å². The van der Waals surface area contributed by atoms with Gasteiger partial charge in [0, 0.05) is 13.1 Å². The molecule has 0 radical (unpaired) electrons. The summed E-state index contributed by atoms with van der Waals surface area (Å²) in [4.78, 5) is 11.6. The largest absolute Gasteiger partial charge is 0.494 e. The Hall–Kier alpha value is -1.82. The number of ether oxygens (including phenoxy) is 1. The summed E-state index contributed by atoms with van der Waals surface area (Å²) < 4.78 is 18.2. The minimum atomic E-state index is -0.410. The Morgan fingerprint density at radius 2 is 2.00 bits per heavy atom. The molecule has 0 saturated carbocycles. The fourth-order valence-electron chi connectivity index (χ4n) is 1.91. The maximum absolute atomic E-state index is 13.3. The molecule has 2 amide bonds. The Bertz CT molecular complexity index is 480. The fourth-order valence-corrected chi connectivity index (χ4v) is 1.91. The molecular weight excluding hydrogens is 287 g/mol. The lowest BCUT2D eigenvalue weighted by Gasteiger charge is -2.14. The third-order valence-corrected chi connectivity index (χ3v) is 3.41. The molecule has 0 spiro atoms. The zero-order valence-electron chi connectivity index (χ0n) is 13.4. The number of nitrogens with one attached hydrogen (secondary N) is 2. The highest BCUT2D eigenvalue weighted by molar-refractivity contribution is 5.73. The van der Waals surface area contributed by atoms with E-state index in [1.54, 1.807) is 12.1 Å². The number of urea groups is 1. The summed E-state index contributed by atoms with van der Waals surface area (Å²) in [6.07, 6.45) is 0.700. The Balaban J connectivity index is 2.25. The van der Waals surface area contributed by atoms with Crippen molar-refractivity contribution in [3.05, 3.63) is 29.6 Å². The standard InChI is InChI=1S/C16H25FN2O3/c1-11(2)14(20)7-9-19-16(21)18-8-6-12-4-5-13(17)15(10-12)22-3/h4-5,10-11,14,20H,6-9H2,1-3H3,(H2,18,19,21). The van der Waals surface area contributed by atoms with Gasteiger partial charge >= 0.3 is 6.03 Å². The molecule has 0 bridgehead atoms. The van der Waals surface area contributed by atoms with Crippen LogP contribution in [0, 0.1) is 11.7 Å². The molecule has 0 fully saturated rings. The van der Waals surface area contributed by atoms with Crippen molar-refractivity contribution in [2.75, 3.05) is 20.2 Å². The van der Waals surface area contributed by atoms with Crippen LogP contribution in [0.4, 0.5) is 9.18 Å². The number of rotatable bonds is 8. The molecule has 1 aromatic rings. The van der Waals surface area contributed by atoms with Crippen LogP contribution in [0.1, 0.15) is 25.8 Å². The number of carbonyl (C=O) groups is 1. The van der Waals surface area contributed by atoms with E-state index in [-0.39, 0.29) is 17.7 Å². The minimum absolute atomic E-state index is 0.179. The van der Waals surface area contributed by atoms with Gasteiger partial charge in [-0.2, -0.15) is 0 Å². The molecule has 0 aromatic heterocycles. The van der Waals surface area contributed by atoms with E-state index >= 15 is 0 Å². The van der Waals surface area contributed by atoms with Crippen molar-refractivity contribution in [2.45, 2.75) is 32.8 Å². The molecule has 22 heavy (non-hydrogen) atoms. The lowest BCUT2D eigenvalue weighted by Crippen LogP contribution is -2.38. The van der Waals surface area contributed by atoms with Crippen molar-refractivity contribution in [2.24, 2.45) is 5.92 Å². The zero-order chi connectivity index (χ0) is 16.5. The van der Waals surface area contributed by atoms with Crippen molar-refractivity contribution in [3.8, 4) is 5.75 Å². The number of benzene rings is 1. The molecule has 5 nitrogen and oxygen atoms in total. The van der Waals surface area contributed by atoms with Gasteiger partial charge in [-0.3, -0.25) is 0 Å². The molecule has 0 aliphatic carbocycles. The number of hydrogen-bond donors (Lipinski definition) is 3. The summed E-state index contributed by atoms with van der Waals surface area (Å²) >= 11 is 0. The third-order valence-electron chi connectivity index (χ3n) is 3.41. The van der Waals surface area contributed by atoms with E-state index < -0.39 is 11.9 Å². The molecule has 1 aromatic carbocycles. The second-order valence-corrected chi connectivity index (χ2v) is 5.50. The fraction of sp³-hybridized carbons (Fsp3) is 0.562. The molecule has 0 aliphatic heterocycles. The maximum atomic E-state index is 13.3. The Kier molecular flexibility index (Phi) is 7.66. The van der Waals surface area contributed by atoms with Crippen molar-refractivity contribution < 1.29 is 19.0 Å². The van der Waals surface area contributed by atoms with Crippen molar-refractivity contribution in [1.29, 1.82) is 0 Å². The van der Waals surface area contributed by atoms with Gasteiger partial charge in [0.05, 0.1) is 13.2 Å². The van der Waals surface area contributed by atoms with E-state index in [1.165, 1.54) is 13.2 Å². The molecule has 6 heteroatoms. The van der Waals surface area contributed by atoms with Crippen molar-refractivity contribution in [1.82, 2.24) is 10.6 Å². The summed E-state index contributed by atoms with van der Waals surface area (Å²) in [5.74, 6) is -0.0244. The van der Waals surface area contributed by atoms with E-state index in [1.807, 2.05) is 13.8 Å². The topological polar surface area (TPSA) is 70.6 Å². The number of aliphatic hydroxyl groups excluding tert-OH is 1. The lowest BCUT2D eigenvalue weighted by atomic mass is 10.0. The second kappa shape index (κ2) is 9.25. The first kappa shape index (κ1) is 18.2. The zero-order valence-corrected chi connectivity index (χ0v) is 13.4. The number of aliphatic hydroxyl groups is 1. The molecule has 1 atom stereocenters. The van der Waals surface area contributed by atoms with Gasteiger partial charge in [0.1, 0.15) is 0 Å². The highest BCUT2D eigenvalue weighted by Crippen LogP contribution is 2.18. The first-order valence-electron chi connectivity index (χ1n) is 7.46. The van der Waals surface area contributed by atoms with Crippen LogP contribution < -0.4 is 15.4 Å². The van der Waals surface area contributed by atoms with Crippen LogP contribution in [0.25, 0.3) is 0 Å². The van der Waals surface area contributed by atoms with Crippen molar-refractivity contribution >= 4 is 6.03 Å². The van der Waals surface area contributed by atoms with Gasteiger partial charge in [0.2, 0.25) is 0 Å². The predicted molar refractivity (Wildman–Crippen MR) is 83.5 cm³/mol. The minimum Gasteiger partial charge on any atom is -0.494 e. The Morgan fingerprint density at radius 3 is 2.64 bits per heavy atom. The van der Waals surface area contributed by atoms with Gasteiger partial charge in [0.25, 0.3) is 0 Å². The predicted octanol–water partition coefficient (Wildman–Crippen LogP) is 2.08. The molecule has 1 rings (SSSR count). The average molecular weight is 312 g/mol. The van der Waals surface area contributed by atoms with E-state index in [0.29, 0.717) is 25.9 Å². The summed E-state index contributed by atoms with van der Waals surface area (Å²) in [7, 11) is 1.42. The number of halogens is 1. The molecule has 124 valence electrons. The van der Waals surface area contributed by atoms with Crippen LogP contribution >= 0.6 is 0 Å². The molecule has 3 N–H and O–H groups in total. The van der Waals surface area contributed by atoms with Gasteiger partial charge in [0.15, 0.2) is 11.6 Å². The highest BCUT2D eigenvalue weighted by Gasteiger charge is 2.09. The smallest absolute Gasteiger partial charge is 0.314 e. The third kappa shape index (κ3) is 6.30. The van der Waals surface area contributed by atoms with E-state index in [4.69, 9.17) is 4.74 Å². The number of amides is 2. The monoisotopic (exact) mass is 312 g/mol. The molecule has 0 aliphatic rings. The highest BCUT2D eigenvalue weighted by atomic mass is 19.1. The molecular formula is C16H25FN2O3. The normalized spacial score (nSPS) is 12.1. The van der Waals surface area contributed by atoms with Gasteiger partial charge in [-0.25, -0.2) is 9.18 Å². The van der Waals surface area contributed by atoms with Crippen LogP contribution in [-0.2, 0) is 6.42 Å². The number of carbonyl (C=O) groups excluding carboxylic acids is 1. The summed E-state index contributed by atoms with van der Waals surface area (Å²) in [6.45, 7) is 4.73. The first-order valence-corrected chi connectivity index (χ1v) is 7.46. The summed E-state index contributed by atoms with van der Waals surface area (Å²) in [5, 5.41) is 15.0. The molecule has 0 saturated heterocycles. The lowest BCUT2D eigenvalue weighted by molar-refractivity contribution is 0.116. The summed E-state index contributed by atoms with van der Waals surface area (Å²) in [5.41, 5.74) is 0.883. The number of hydrogen-bond acceptors (Lipinski definition) is 3. The molecule has 0 heterocycles. The van der Waals surface area contributed by atoms with Crippen LogP contribution in [0.2, 0.25) is 0 Å². The second-order valence-electron chi connectivity index (χ2n) is 5.50. The Labute approximate surface area is 130 Å². The maximum Gasteiger partial charge on any atom is 0.314 e. The van der Waals surface area contributed by atoms with E-state index in [0.717, 1.165) is 5.56 Å². The van der Waals surface area contributed by atoms with E-state index in [9.17, 15) is 14.3 Å². The molecule has 1 unspecified atom stereocenters. The van der Waals surface area contributed by atoms with E-state index in [2.05, 4.69) is 10.6 Å². The SMILES string of the molecule is COc1cc(CCNC(=O)NCCC(O)C(C)C)ccc1F. The first-order chi connectivity index (χ1) is 10.4. The summed E-state index contributed by atoms with van der Waals surface area (Å²) in [6, 6.07) is 4.36. The van der Waals surface area contributed by atoms with Crippen LogP contribution in [0.3, 0.4) is 0 Å².